The van der Waals surface area contributed by atoms with Gasteiger partial charge in [0, 0.05) is 16.7 Å². The number of ether oxygens (including phenoxy) is 1. The minimum absolute atomic E-state index is 0.205. The first kappa shape index (κ1) is 18.9. The van der Waals surface area contributed by atoms with E-state index in [1.54, 1.807) is 23.4 Å². The fourth-order valence-electron chi connectivity index (χ4n) is 2.37. The van der Waals surface area contributed by atoms with Crippen LogP contribution in [0.5, 0.6) is 0 Å². The molecule has 2 heterocycles. The molecular weight excluding hydrogens is 390 g/mol. The molecule has 1 aromatic carbocycles. The topological polar surface area (TPSA) is 57.0 Å². The van der Waals surface area contributed by atoms with Gasteiger partial charge < -0.3 is 4.74 Å². The van der Waals surface area contributed by atoms with Crippen LogP contribution in [0.25, 0.3) is 5.69 Å². The van der Waals surface area contributed by atoms with Gasteiger partial charge in [0.15, 0.2) is 0 Å². The molecule has 0 unspecified atom stereocenters. The maximum Gasteiger partial charge on any atom is 0.311 e. The van der Waals surface area contributed by atoms with Crippen LogP contribution in [0.4, 0.5) is 0 Å². The number of carbonyl (C=O) groups excluding carboxylic acids is 1. The largest absolute Gasteiger partial charge is 0.466 e. The zero-order chi connectivity index (χ0) is 18.5. The number of benzene rings is 1. The van der Waals surface area contributed by atoms with E-state index in [1.165, 1.54) is 11.3 Å². The lowest BCUT2D eigenvalue weighted by Crippen LogP contribution is -2.07. The zero-order valence-electron chi connectivity index (χ0n) is 14.4. The van der Waals surface area contributed by atoms with Crippen LogP contribution >= 0.6 is 34.7 Å². The minimum atomic E-state index is -0.252. The molecule has 0 bridgehead atoms. The van der Waals surface area contributed by atoms with Gasteiger partial charge in [-0.05, 0) is 26.0 Å². The van der Waals surface area contributed by atoms with E-state index in [2.05, 4.69) is 10.1 Å². The van der Waals surface area contributed by atoms with E-state index in [-0.39, 0.29) is 12.4 Å². The molecule has 0 aliphatic heterocycles. The number of nitrogens with zero attached hydrogens (tertiary/aromatic N) is 3. The first-order valence-electron chi connectivity index (χ1n) is 8.10. The van der Waals surface area contributed by atoms with Crippen LogP contribution in [0.2, 0.25) is 5.15 Å². The standard InChI is InChI=1S/C18H18ClN3O2S2/c1-3-24-16(23)9-13-10-25-18(20-13)26-11-15-12(2)21-22(17(15)19)14-7-5-4-6-8-14/h4-8,10H,3,9,11H2,1-2H3. The van der Waals surface area contributed by atoms with Crippen molar-refractivity contribution in [1.29, 1.82) is 0 Å². The van der Waals surface area contributed by atoms with Gasteiger partial charge in [0.05, 0.1) is 30.1 Å². The van der Waals surface area contributed by atoms with Crippen molar-refractivity contribution in [2.45, 2.75) is 30.4 Å². The van der Waals surface area contributed by atoms with Crippen LogP contribution in [0, 0.1) is 6.92 Å². The molecule has 0 saturated heterocycles. The van der Waals surface area contributed by atoms with Crippen molar-refractivity contribution >= 4 is 40.7 Å². The molecule has 0 aliphatic rings. The number of para-hydroxylation sites is 1. The molecular formula is C18H18ClN3O2S2. The van der Waals surface area contributed by atoms with Crippen LogP contribution in [-0.4, -0.2) is 27.3 Å². The second-order valence-corrected chi connectivity index (χ2v) is 7.92. The third-order valence-electron chi connectivity index (χ3n) is 3.62. The zero-order valence-corrected chi connectivity index (χ0v) is 16.8. The molecule has 8 heteroatoms. The molecule has 2 aromatic heterocycles. The minimum Gasteiger partial charge on any atom is -0.466 e. The molecule has 0 fully saturated rings. The van der Waals surface area contributed by atoms with Gasteiger partial charge in [-0.2, -0.15) is 5.10 Å². The SMILES string of the molecule is CCOC(=O)Cc1csc(SCc2c(C)nn(-c3ccccc3)c2Cl)n1. The molecule has 0 radical (unpaired) electrons. The van der Waals surface area contributed by atoms with E-state index in [4.69, 9.17) is 16.3 Å². The second kappa shape index (κ2) is 8.70. The molecule has 0 amide bonds. The van der Waals surface area contributed by atoms with Gasteiger partial charge in [0.25, 0.3) is 0 Å². The molecule has 3 aromatic rings. The summed E-state index contributed by atoms with van der Waals surface area (Å²) >= 11 is 9.65. The number of thiazole rings is 1. The van der Waals surface area contributed by atoms with Crippen LogP contribution in [0.15, 0.2) is 40.1 Å². The lowest BCUT2D eigenvalue weighted by atomic mass is 10.3. The van der Waals surface area contributed by atoms with Gasteiger partial charge in [0.2, 0.25) is 0 Å². The number of carbonyl (C=O) groups is 1. The number of halogens is 1. The number of thioether (sulfide) groups is 1. The Labute approximate surface area is 165 Å². The smallest absolute Gasteiger partial charge is 0.311 e. The van der Waals surface area contributed by atoms with Gasteiger partial charge in [-0.3, -0.25) is 4.79 Å². The molecule has 3 rings (SSSR count). The van der Waals surface area contributed by atoms with E-state index in [1.807, 2.05) is 42.6 Å². The Kier molecular flexibility index (Phi) is 6.34. The first-order chi connectivity index (χ1) is 12.6. The summed E-state index contributed by atoms with van der Waals surface area (Å²) in [5, 5.41) is 7.06. The quantitative estimate of drug-likeness (QED) is 0.420. The van der Waals surface area contributed by atoms with Gasteiger partial charge in [-0.25, -0.2) is 9.67 Å². The predicted octanol–water partition coefficient (Wildman–Crippen LogP) is 4.69. The summed E-state index contributed by atoms with van der Waals surface area (Å²) in [5.74, 6) is 0.418. The normalized spacial score (nSPS) is 10.9. The lowest BCUT2D eigenvalue weighted by Gasteiger charge is -2.03. The highest BCUT2D eigenvalue weighted by atomic mass is 35.5. The maximum absolute atomic E-state index is 11.5. The summed E-state index contributed by atoms with van der Waals surface area (Å²) in [6.07, 6.45) is 0.205. The fraction of sp³-hybridized carbons (Fsp3) is 0.278. The average Bonchev–Trinajstić information content (AvgIpc) is 3.18. The predicted molar refractivity (Wildman–Crippen MR) is 105 cm³/mol. The maximum atomic E-state index is 11.5. The molecule has 0 atom stereocenters. The van der Waals surface area contributed by atoms with Crippen molar-refractivity contribution in [3.63, 3.8) is 0 Å². The third kappa shape index (κ3) is 4.47. The fourth-order valence-corrected chi connectivity index (χ4v) is 4.71. The Morgan fingerprint density at radius 3 is 2.85 bits per heavy atom. The van der Waals surface area contributed by atoms with Crippen molar-refractivity contribution in [3.8, 4) is 5.69 Å². The number of hydrogen-bond acceptors (Lipinski definition) is 6. The van der Waals surface area contributed by atoms with E-state index in [0.29, 0.717) is 17.5 Å². The van der Waals surface area contributed by atoms with Gasteiger partial charge in [-0.15, -0.1) is 11.3 Å². The van der Waals surface area contributed by atoms with E-state index in [9.17, 15) is 4.79 Å². The Balaban J connectivity index is 1.68. The molecule has 136 valence electrons. The average molecular weight is 408 g/mol. The summed E-state index contributed by atoms with van der Waals surface area (Å²) in [7, 11) is 0. The number of hydrogen-bond donors (Lipinski definition) is 0. The van der Waals surface area contributed by atoms with Crippen molar-refractivity contribution in [1.82, 2.24) is 14.8 Å². The van der Waals surface area contributed by atoms with Crippen molar-refractivity contribution in [2.75, 3.05) is 6.61 Å². The van der Waals surface area contributed by atoms with Gasteiger partial charge in [-0.1, -0.05) is 41.6 Å². The van der Waals surface area contributed by atoms with E-state index >= 15 is 0 Å². The van der Waals surface area contributed by atoms with Gasteiger partial charge in [0.1, 0.15) is 9.49 Å². The molecule has 0 saturated carbocycles. The van der Waals surface area contributed by atoms with Gasteiger partial charge >= 0.3 is 5.97 Å². The summed E-state index contributed by atoms with van der Waals surface area (Å²) in [5.41, 5.74) is 3.55. The lowest BCUT2D eigenvalue weighted by molar-refractivity contribution is -0.142. The monoisotopic (exact) mass is 407 g/mol. The van der Waals surface area contributed by atoms with E-state index < -0.39 is 0 Å². The van der Waals surface area contributed by atoms with Crippen molar-refractivity contribution in [3.05, 3.63) is 57.8 Å². The van der Waals surface area contributed by atoms with Crippen LogP contribution in [0.3, 0.4) is 0 Å². The number of aryl methyl sites for hydroxylation is 1. The summed E-state index contributed by atoms with van der Waals surface area (Å²) in [6, 6.07) is 9.81. The Morgan fingerprint density at radius 2 is 2.12 bits per heavy atom. The Hall–Kier alpha value is -1.83. The summed E-state index contributed by atoms with van der Waals surface area (Å²) in [6.45, 7) is 4.13. The Morgan fingerprint density at radius 1 is 1.35 bits per heavy atom. The first-order valence-corrected chi connectivity index (χ1v) is 10.3. The number of esters is 1. The number of aromatic nitrogens is 3. The molecule has 0 aliphatic carbocycles. The molecule has 5 nitrogen and oxygen atoms in total. The van der Waals surface area contributed by atoms with E-state index in [0.717, 1.165) is 27.0 Å². The highest BCUT2D eigenvalue weighted by molar-refractivity contribution is 8.00. The summed E-state index contributed by atoms with van der Waals surface area (Å²) in [4.78, 5) is 16.0. The Bertz CT molecular complexity index is 893. The third-order valence-corrected chi connectivity index (χ3v) is 6.11. The second-order valence-electron chi connectivity index (χ2n) is 5.48. The molecule has 0 spiro atoms. The van der Waals surface area contributed by atoms with Crippen LogP contribution in [-0.2, 0) is 21.7 Å². The molecule has 26 heavy (non-hydrogen) atoms. The van der Waals surface area contributed by atoms with Crippen LogP contribution < -0.4 is 0 Å². The highest BCUT2D eigenvalue weighted by Crippen LogP contribution is 2.32. The number of rotatable bonds is 7. The van der Waals surface area contributed by atoms with Crippen LogP contribution in [0.1, 0.15) is 23.9 Å². The van der Waals surface area contributed by atoms with Crippen molar-refractivity contribution in [2.24, 2.45) is 0 Å². The van der Waals surface area contributed by atoms with Crippen molar-refractivity contribution < 1.29 is 9.53 Å². The summed E-state index contributed by atoms with van der Waals surface area (Å²) < 4.78 is 7.60. The molecule has 0 N–H and O–H groups in total. The highest BCUT2D eigenvalue weighted by Gasteiger charge is 2.16.